The van der Waals surface area contributed by atoms with Crippen LogP contribution in [-0.4, -0.2) is 18.4 Å². The topological polar surface area (TPSA) is 15.6 Å². The standard InChI is InChI=1S/C11H12F2N2/c1-14-11(13)8-15(9-12)7-10-5-3-2-4-6-10/h2-6,8H,1,7,9H2/b11-8-. The van der Waals surface area contributed by atoms with Gasteiger partial charge in [0, 0.05) is 6.54 Å². The molecule has 0 heterocycles. The lowest BCUT2D eigenvalue weighted by atomic mass is 10.2. The monoisotopic (exact) mass is 210 g/mol. The molecule has 2 nitrogen and oxygen atoms in total. The molecule has 0 aliphatic carbocycles. The van der Waals surface area contributed by atoms with Crippen molar-refractivity contribution in [1.82, 2.24) is 4.90 Å². The first-order chi connectivity index (χ1) is 7.26. The molecule has 0 saturated heterocycles. The molecule has 0 saturated carbocycles. The first-order valence-electron chi connectivity index (χ1n) is 4.44. The zero-order valence-electron chi connectivity index (χ0n) is 8.24. The number of nitrogens with zero attached hydrogens (tertiary/aromatic N) is 2. The van der Waals surface area contributed by atoms with E-state index < -0.39 is 12.7 Å². The summed E-state index contributed by atoms with van der Waals surface area (Å²) >= 11 is 0. The van der Waals surface area contributed by atoms with Crippen LogP contribution in [-0.2, 0) is 6.54 Å². The molecule has 15 heavy (non-hydrogen) atoms. The molecule has 0 aliphatic heterocycles. The van der Waals surface area contributed by atoms with Gasteiger partial charge in [0.05, 0.1) is 6.20 Å². The Morgan fingerprint density at radius 3 is 2.60 bits per heavy atom. The normalized spacial score (nSPS) is 11.2. The summed E-state index contributed by atoms with van der Waals surface area (Å²) in [6.45, 7) is 2.55. The maximum absolute atomic E-state index is 12.7. The lowest BCUT2D eigenvalue weighted by Crippen LogP contribution is -2.15. The second kappa shape index (κ2) is 5.90. The molecule has 0 amide bonds. The minimum atomic E-state index is -0.788. The molecule has 80 valence electrons. The van der Waals surface area contributed by atoms with Gasteiger partial charge >= 0.3 is 0 Å². The van der Waals surface area contributed by atoms with E-state index in [9.17, 15) is 8.78 Å². The van der Waals surface area contributed by atoms with Crippen molar-refractivity contribution < 1.29 is 8.78 Å². The van der Waals surface area contributed by atoms with E-state index in [0.29, 0.717) is 6.54 Å². The number of benzene rings is 1. The van der Waals surface area contributed by atoms with E-state index in [1.165, 1.54) is 4.90 Å². The van der Waals surface area contributed by atoms with Crippen molar-refractivity contribution >= 4 is 6.72 Å². The quantitative estimate of drug-likeness (QED) is 0.539. The predicted molar refractivity (Wildman–Crippen MR) is 56.7 cm³/mol. The average molecular weight is 210 g/mol. The Bertz CT molecular complexity index is 336. The summed E-state index contributed by atoms with van der Waals surface area (Å²) in [5.74, 6) is -0.788. The van der Waals surface area contributed by atoms with Crippen LogP contribution in [0, 0.1) is 0 Å². The Morgan fingerprint density at radius 2 is 2.07 bits per heavy atom. The molecule has 1 aromatic carbocycles. The van der Waals surface area contributed by atoms with Gasteiger partial charge in [-0.25, -0.2) is 9.38 Å². The van der Waals surface area contributed by atoms with E-state index in [-0.39, 0.29) is 0 Å². The summed E-state index contributed by atoms with van der Waals surface area (Å²) in [5.41, 5.74) is 0.906. The first kappa shape index (κ1) is 11.4. The molecule has 1 rings (SSSR count). The molecule has 0 bridgehead atoms. The smallest absolute Gasteiger partial charge is 0.228 e. The molecule has 0 radical (unpaired) electrons. The second-order valence-electron chi connectivity index (χ2n) is 2.96. The van der Waals surface area contributed by atoms with Gasteiger partial charge in [-0.2, -0.15) is 4.39 Å². The largest absolute Gasteiger partial charge is 0.342 e. The Morgan fingerprint density at radius 1 is 1.40 bits per heavy atom. The molecule has 0 N–H and O–H groups in total. The number of rotatable bonds is 5. The van der Waals surface area contributed by atoms with E-state index in [2.05, 4.69) is 11.7 Å². The molecule has 0 aliphatic rings. The van der Waals surface area contributed by atoms with Crippen LogP contribution in [0.2, 0.25) is 0 Å². The van der Waals surface area contributed by atoms with E-state index in [1.54, 1.807) is 0 Å². The highest BCUT2D eigenvalue weighted by molar-refractivity contribution is 5.27. The van der Waals surface area contributed by atoms with Gasteiger partial charge in [0.25, 0.3) is 0 Å². The van der Waals surface area contributed by atoms with Crippen LogP contribution in [0.25, 0.3) is 0 Å². The van der Waals surface area contributed by atoms with E-state index >= 15 is 0 Å². The molecule has 1 aromatic rings. The van der Waals surface area contributed by atoms with Crippen molar-refractivity contribution in [2.75, 3.05) is 6.80 Å². The summed E-state index contributed by atoms with van der Waals surface area (Å²) in [6.07, 6.45) is 1.00. The van der Waals surface area contributed by atoms with E-state index in [1.807, 2.05) is 30.3 Å². The maximum atomic E-state index is 12.7. The highest BCUT2D eigenvalue weighted by atomic mass is 19.1. The van der Waals surface area contributed by atoms with Gasteiger partial charge in [-0.15, -0.1) is 0 Å². The van der Waals surface area contributed by atoms with Gasteiger partial charge < -0.3 is 4.90 Å². The fourth-order valence-corrected chi connectivity index (χ4v) is 1.13. The van der Waals surface area contributed by atoms with Crippen molar-refractivity contribution in [2.45, 2.75) is 6.54 Å². The average Bonchev–Trinajstić information content (AvgIpc) is 2.29. The number of alkyl halides is 1. The van der Waals surface area contributed by atoms with Crippen LogP contribution < -0.4 is 0 Å². The summed E-state index contributed by atoms with van der Waals surface area (Å²) in [7, 11) is 0. The number of halogens is 2. The van der Waals surface area contributed by atoms with Gasteiger partial charge in [0.2, 0.25) is 5.95 Å². The highest BCUT2D eigenvalue weighted by Gasteiger charge is 2.01. The summed E-state index contributed by atoms with van der Waals surface area (Å²) in [5, 5.41) is 0. The number of hydrogen-bond donors (Lipinski definition) is 0. The Kier molecular flexibility index (Phi) is 4.47. The van der Waals surface area contributed by atoms with Crippen LogP contribution in [0.1, 0.15) is 5.56 Å². The van der Waals surface area contributed by atoms with Crippen LogP contribution in [0.15, 0.2) is 47.5 Å². The van der Waals surface area contributed by atoms with Gasteiger partial charge in [-0.05, 0) is 12.3 Å². The number of aliphatic imine (C=N–C) groups is 1. The third-order valence-electron chi connectivity index (χ3n) is 1.82. The summed E-state index contributed by atoms with van der Waals surface area (Å²) in [6, 6.07) is 9.24. The minimum absolute atomic E-state index is 0.306. The molecular weight excluding hydrogens is 198 g/mol. The Hall–Kier alpha value is -1.71. The van der Waals surface area contributed by atoms with Crippen molar-refractivity contribution in [3.8, 4) is 0 Å². The maximum Gasteiger partial charge on any atom is 0.228 e. The fraction of sp³-hybridized carbons (Fsp3) is 0.182. The summed E-state index contributed by atoms with van der Waals surface area (Å²) < 4.78 is 25.2. The van der Waals surface area contributed by atoms with Crippen LogP contribution in [0.4, 0.5) is 8.78 Å². The van der Waals surface area contributed by atoms with Crippen molar-refractivity contribution in [2.24, 2.45) is 4.99 Å². The lowest BCUT2D eigenvalue weighted by molar-refractivity contribution is 0.240. The van der Waals surface area contributed by atoms with Gasteiger partial charge in [0.15, 0.2) is 6.80 Å². The fourth-order valence-electron chi connectivity index (χ4n) is 1.13. The number of hydrogen-bond acceptors (Lipinski definition) is 2. The molecule has 0 atom stereocenters. The first-order valence-corrected chi connectivity index (χ1v) is 4.44. The third kappa shape index (κ3) is 3.89. The highest BCUT2D eigenvalue weighted by Crippen LogP contribution is 2.07. The third-order valence-corrected chi connectivity index (χ3v) is 1.82. The molecular formula is C11H12F2N2. The Labute approximate surface area is 87.6 Å². The van der Waals surface area contributed by atoms with Crippen molar-refractivity contribution in [3.63, 3.8) is 0 Å². The molecule has 0 unspecified atom stereocenters. The van der Waals surface area contributed by atoms with Crippen molar-refractivity contribution in [3.05, 3.63) is 48.0 Å². The van der Waals surface area contributed by atoms with Gasteiger partial charge in [-0.3, -0.25) is 0 Å². The molecule has 0 spiro atoms. The Balaban J connectivity index is 2.66. The zero-order valence-corrected chi connectivity index (χ0v) is 8.24. The zero-order chi connectivity index (χ0) is 11.1. The molecule has 0 fully saturated rings. The van der Waals surface area contributed by atoms with Crippen molar-refractivity contribution in [1.29, 1.82) is 0 Å². The molecule has 0 aromatic heterocycles. The van der Waals surface area contributed by atoms with Crippen LogP contribution >= 0.6 is 0 Å². The second-order valence-corrected chi connectivity index (χ2v) is 2.96. The lowest BCUT2D eigenvalue weighted by Gasteiger charge is -2.15. The van der Waals surface area contributed by atoms with Gasteiger partial charge in [-0.1, -0.05) is 30.3 Å². The predicted octanol–water partition coefficient (Wildman–Crippen LogP) is 2.88. The molecule has 4 heteroatoms. The summed E-state index contributed by atoms with van der Waals surface area (Å²) in [4.78, 5) is 4.23. The van der Waals surface area contributed by atoms with Gasteiger partial charge in [0.1, 0.15) is 0 Å². The van der Waals surface area contributed by atoms with Crippen LogP contribution in [0.5, 0.6) is 0 Å². The van der Waals surface area contributed by atoms with Crippen LogP contribution in [0.3, 0.4) is 0 Å². The van der Waals surface area contributed by atoms with E-state index in [4.69, 9.17) is 0 Å². The minimum Gasteiger partial charge on any atom is -0.342 e. The SMILES string of the molecule is C=N/C(F)=C\N(CF)Cc1ccccc1. The van der Waals surface area contributed by atoms with E-state index in [0.717, 1.165) is 11.8 Å².